The summed E-state index contributed by atoms with van der Waals surface area (Å²) in [6, 6.07) is 54.7. The summed E-state index contributed by atoms with van der Waals surface area (Å²) in [5.41, 5.74) is 21.4. The van der Waals surface area contributed by atoms with Crippen molar-refractivity contribution in [3.8, 4) is 33.7 Å². The number of fused-ring (bicyclic) bond motifs is 9. The molecular weight excluding hydrogens is 826 g/mol. The zero-order valence-electron chi connectivity index (χ0n) is 40.7. The second-order valence-electron chi connectivity index (χ2n) is 23.0. The van der Waals surface area contributed by atoms with Crippen LogP contribution in [0.1, 0.15) is 115 Å². The Morgan fingerprint density at radius 2 is 1.19 bits per heavy atom. The van der Waals surface area contributed by atoms with Gasteiger partial charge in [-0.2, -0.15) is 0 Å². The lowest BCUT2D eigenvalue weighted by Crippen LogP contribution is -2.37. The predicted octanol–water partition coefficient (Wildman–Crippen LogP) is 15.2. The van der Waals surface area contributed by atoms with E-state index in [9.17, 15) is 0 Å². The number of nitrogens with one attached hydrogen (secondary N) is 2. The molecule has 4 nitrogen and oxygen atoms in total. The molecule has 5 heteroatoms. The van der Waals surface area contributed by atoms with Crippen LogP contribution in [0.15, 0.2) is 146 Å². The Bertz CT molecular complexity index is 3580. The van der Waals surface area contributed by atoms with Crippen molar-refractivity contribution in [2.24, 2.45) is 0 Å². The molecule has 1 aromatic heterocycles. The highest BCUT2D eigenvalue weighted by atomic mass is 16.5. The summed E-state index contributed by atoms with van der Waals surface area (Å²) in [4.78, 5) is 0. The van der Waals surface area contributed by atoms with E-state index in [2.05, 4.69) is 223 Å². The van der Waals surface area contributed by atoms with Crippen LogP contribution in [0.3, 0.4) is 0 Å². The fourth-order valence-corrected chi connectivity index (χ4v) is 12.5. The molecule has 0 spiro atoms. The Labute approximate surface area is 402 Å². The Kier molecular flexibility index (Phi) is 8.78. The van der Waals surface area contributed by atoms with Crippen molar-refractivity contribution >= 4 is 67.8 Å². The van der Waals surface area contributed by atoms with Crippen molar-refractivity contribution in [1.82, 2.24) is 4.57 Å². The molecule has 0 amide bonds. The number of nitrogens with zero attached hydrogens (tertiary/aromatic N) is 1. The SMILES string of the molecule is CC1(C)CCC(C)(C)c2cc(Nc3cc4c(cc3-c3cc(-c5ccccc5)c5c6cc7ccccc7cc6n6c5c3[B]c3cc5c(cc3-6)NC(c3ccccc3)O5)C(C)(C)CCC4(C)C)ccc21. The van der Waals surface area contributed by atoms with Gasteiger partial charge in [0, 0.05) is 44.5 Å². The van der Waals surface area contributed by atoms with Gasteiger partial charge in [-0.3, -0.25) is 0 Å². The van der Waals surface area contributed by atoms with Gasteiger partial charge in [0.25, 0.3) is 0 Å². The molecule has 335 valence electrons. The number of ether oxygens (including phenoxy) is 1. The van der Waals surface area contributed by atoms with E-state index in [1.165, 1.54) is 95.4 Å². The molecule has 1 unspecified atom stereocenters. The van der Waals surface area contributed by atoms with E-state index in [1.54, 1.807) is 0 Å². The second kappa shape index (κ2) is 14.4. The van der Waals surface area contributed by atoms with Crippen LogP contribution in [0, 0.1) is 0 Å². The van der Waals surface area contributed by atoms with Crippen molar-refractivity contribution < 1.29 is 4.74 Å². The van der Waals surface area contributed by atoms with Gasteiger partial charge in [0.1, 0.15) is 5.75 Å². The first-order valence-corrected chi connectivity index (χ1v) is 24.9. The van der Waals surface area contributed by atoms with Crippen molar-refractivity contribution in [2.75, 3.05) is 10.6 Å². The Morgan fingerprint density at radius 3 is 1.90 bits per heavy atom. The van der Waals surface area contributed by atoms with Gasteiger partial charge in [-0.05, 0) is 157 Å². The highest BCUT2D eigenvalue weighted by Crippen LogP contribution is 2.52. The van der Waals surface area contributed by atoms with Crippen LogP contribution in [0.2, 0.25) is 0 Å². The van der Waals surface area contributed by atoms with Crippen molar-refractivity contribution in [1.29, 1.82) is 0 Å². The highest BCUT2D eigenvalue weighted by molar-refractivity contribution is 6.73. The van der Waals surface area contributed by atoms with Crippen molar-refractivity contribution in [3.05, 3.63) is 173 Å². The minimum atomic E-state index is -0.264. The number of anilines is 3. The van der Waals surface area contributed by atoms with Gasteiger partial charge in [-0.25, -0.2) is 0 Å². The maximum Gasteiger partial charge on any atom is 0.198 e. The largest absolute Gasteiger partial charge is 0.464 e. The topological polar surface area (TPSA) is 38.2 Å². The van der Waals surface area contributed by atoms with Gasteiger partial charge >= 0.3 is 0 Å². The van der Waals surface area contributed by atoms with Gasteiger partial charge in [-0.15, -0.1) is 0 Å². The first kappa shape index (κ1) is 41.5. The number of aromatic nitrogens is 1. The summed E-state index contributed by atoms with van der Waals surface area (Å²) in [5.74, 6) is 0.872. The molecule has 4 aliphatic rings. The van der Waals surface area contributed by atoms with Gasteiger partial charge < -0.3 is 19.9 Å². The van der Waals surface area contributed by atoms with E-state index in [0.717, 1.165) is 52.4 Å². The third-order valence-corrected chi connectivity index (χ3v) is 16.7. The normalized spacial score (nSPS) is 18.7. The molecule has 68 heavy (non-hydrogen) atoms. The van der Waals surface area contributed by atoms with Crippen LogP contribution in [0.25, 0.3) is 60.5 Å². The van der Waals surface area contributed by atoms with Crippen LogP contribution >= 0.6 is 0 Å². The average Bonchev–Trinajstić information content (AvgIpc) is 3.91. The summed E-state index contributed by atoms with van der Waals surface area (Å²) in [6.07, 6.45) is 4.39. The molecule has 3 heterocycles. The molecule has 2 N–H and O–H groups in total. The Morgan fingerprint density at radius 1 is 0.574 bits per heavy atom. The third-order valence-electron chi connectivity index (χ3n) is 16.7. The molecular formula is C63H59BN3O. The summed E-state index contributed by atoms with van der Waals surface area (Å²) in [5, 5.41) is 12.9. The zero-order valence-corrected chi connectivity index (χ0v) is 40.7. The molecule has 2 aliphatic carbocycles. The maximum absolute atomic E-state index is 6.75. The smallest absolute Gasteiger partial charge is 0.198 e. The number of benzene rings is 8. The minimum absolute atomic E-state index is 0.00859. The number of rotatable bonds is 5. The van der Waals surface area contributed by atoms with E-state index in [4.69, 9.17) is 4.74 Å². The van der Waals surface area contributed by atoms with Gasteiger partial charge in [0.05, 0.1) is 11.2 Å². The summed E-state index contributed by atoms with van der Waals surface area (Å²) in [6.45, 7) is 19.5. The molecule has 0 fully saturated rings. The molecule has 1 atom stereocenters. The standard InChI is InChI=1S/C63H59BN3O/c1-60(2)25-26-61(3,4)47-31-41(23-24-46(47)60)65-51-34-49-48(62(5,6)27-28-63(49,7)8)33-43(51)44-32-42(37-17-11-9-12-18-37)56-45-29-39-21-15-16-22-40(39)30-53(45)67-54-36-52-55(35-50(54)64-57(44)58(56)67)68-59(66-52)38-19-13-10-14-20-38/h9-24,29-36,59,65-66H,25-28H2,1-8H3. The summed E-state index contributed by atoms with van der Waals surface area (Å²) < 4.78 is 9.32. The molecule has 13 rings (SSSR count). The van der Waals surface area contributed by atoms with E-state index in [0.29, 0.717) is 0 Å². The van der Waals surface area contributed by atoms with Crippen molar-refractivity contribution in [2.45, 2.75) is 109 Å². The fourth-order valence-electron chi connectivity index (χ4n) is 12.5. The van der Waals surface area contributed by atoms with Crippen LogP contribution in [-0.4, -0.2) is 11.8 Å². The lowest BCUT2D eigenvalue weighted by molar-refractivity contribution is 0.260. The first-order valence-electron chi connectivity index (χ1n) is 24.9. The van der Waals surface area contributed by atoms with Gasteiger partial charge in [0.15, 0.2) is 13.5 Å². The van der Waals surface area contributed by atoms with E-state index >= 15 is 0 Å². The summed E-state index contributed by atoms with van der Waals surface area (Å²) in [7, 11) is 2.46. The van der Waals surface area contributed by atoms with Gasteiger partial charge in [-0.1, -0.05) is 152 Å². The lowest BCUT2D eigenvalue weighted by atomic mass is 9.58. The highest BCUT2D eigenvalue weighted by Gasteiger charge is 2.40. The molecule has 0 saturated carbocycles. The Hall–Kier alpha value is -6.72. The first-order chi connectivity index (χ1) is 32.6. The molecule has 0 saturated heterocycles. The van der Waals surface area contributed by atoms with E-state index in [-0.39, 0.29) is 27.9 Å². The second-order valence-corrected chi connectivity index (χ2v) is 23.0. The molecule has 1 radical (unpaired) electrons. The van der Waals surface area contributed by atoms with E-state index in [1.807, 2.05) is 0 Å². The van der Waals surface area contributed by atoms with Crippen molar-refractivity contribution in [3.63, 3.8) is 0 Å². The Balaban J connectivity index is 1.11. The van der Waals surface area contributed by atoms with Crippen LogP contribution in [0.5, 0.6) is 5.75 Å². The monoisotopic (exact) mass is 884 g/mol. The zero-order chi connectivity index (χ0) is 46.5. The lowest BCUT2D eigenvalue weighted by Gasteiger charge is -2.43. The van der Waals surface area contributed by atoms with Crippen LogP contribution in [-0.2, 0) is 21.7 Å². The van der Waals surface area contributed by atoms with E-state index < -0.39 is 0 Å². The molecule has 2 aliphatic heterocycles. The van der Waals surface area contributed by atoms with Crippen LogP contribution in [0.4, 0.5) is 17.1 Å². The molecule has 8 aromatic carbocycles. The minimum Gasteiger partial charge on any atom is -0.464 e. The number of hydrogen-bond acceptors (Lipinski definition) is 3. The molecule has 0 bridgehead atoms. The number of hydrogen-bond donors (Lipinski definition) is 2. The predicted molar refractivity (Wildman–Crippen MR) is 288 cm³/mol. The third kappa shape index (κ3) is 6.27. The average molecular weight is 885 g/mol. The summed E-state index contributed by atoms with van der Waals surface area (Å²) >= 11 is 0. The van der Waals surface area contributed by atoms with Gasteiger partial charge in [0.2, 0.25) is 0 Å². The van der Waals surface area contributed by atoms with Crippen LogP contribution < -0.4 is 26.3 Å². The molecule has 9 aromatic rings. The maximum atomic E-state index is 6.75. The quantitative estimate of drug-likeness (QED) is 0.169. The fraction of sp³-hybridized carbons (Fsp3) is 0.270.